The summed E-state index contributed by atoms with van der Waals surface area (Å²) >= 11 is 0. The van der Waals surface area contributed by atoms with Gasteiger partial charge in [0.15, 0.2) is 0 Å². The second-order valence-corrected chi connectivity index (χ2v) is 8.25. The second kappa shape index (κ2) is 4.86. The van der Waals surface area contributed by atoms with Gasteiger partial charge in [-0.05, 0) is 56.3 Å². The lowest BCUT2D eigenvalue weighted by atomic mass is 9.49. The topological polar surface area (TPSA) is 63.2 Å². The van der Waals surface area contributed by atoms with E-state index in [1.165, 1.54) is 4.72 Å². The van der Waals surface area contributed by atoms with E-state index in [1.54, 1.807) is 0 Å². The van der Waals surface area contributed by atoms with Crippen LogP contribution in [0.3, 0.4) is 0 Å². The van der Waals surface area contributed by atoms with Gasteiger partial charge < -0.3 is 0 Å². The molecule has 0 saturated heterocycles. The predicted octanol–water partition coefficient (Wildman–Crippen LogP) is 2.80. The van der Waals surface area contributed by atoms with Gasteiger partial charge in [-0.1, -0.05) is 7.43 Å². The fourth-order valence-corrected chi connectivity index (χ4v) is 5.25. The molecular weight excluding hydrogens is 307 g/mol. The van der Waals surface area contributed by atoms with Crippen LogP contribution in [-0.4, -0.2) is 19.8 Å². The summed E-state index contributed by atoms with van der Waals surface area (Å²) in [5, 5.41) is 0. The first-order chi connectivity index (χ1) is 9.11. The molecule has 0 aromatic heterocycles. The van der Waals surface area contributed by atoms with Gasteiger partial charge >= 0.3 is 15.5 Å². The minimum atomic E-state index is -5.59. The number of sulfonamides is 1. The summed E-state index contributed by atoms with van der Waals surface area (Å²) in [4.78, 5) is 12.2. The van der Waals surface area contributed by atoms with E-state index in [-0.39, 0.29) is 7.43 Å². The molecule has 4 aliphatic carbocycles. The molecule has 0 aromatic rings. The molecule has 0 atom stereocenters. The number of carbonyl (C=O) groups excluding carboxylic acids is 1. The van der Waals surface area contributed by atoms with E-state index in [1.807, 2.05) is 0 Å². The number of alkyl halides is 3. The average molecular weight is 327 g/mol. The van der Waals surface area contributed by atoms with Crippen molar-refractivity contribution in [2.45, 2.75) is 51.5 Å². The minimum absolute atomic E-state index is 0. The average Bonchev–Trinajstić information content (AvgIpc) is 2.24. The Balaban J connectivity index is 0.00000161. The van der Waals surface area contributed by atoms with Crippen molar-refractivity contribution in [3.05, 3.63) is 0 Å². The summed E-state index contributed by atoms with van der Waals surface area (Å²) in [5.74, 6) is 0.135. The first-order valence-corrected chi connectivity index (χ1v) is 8.23. The first kappa shape index (κ1) is 16.6. The standard InChI is InChI=1S/C12H16F3NO3S.CH4/c13-12(14,15)20(18,19)16-10(17)11-4-7-1-8(5-11)3-9(2-7)6-11;/h7-9H,1-6H2,(H,16,17);1H4. The molecule has 4 saturated carbocycles. The Kier molecular flexibility index (Phi) is 3.84. The largest absolute Gasteiger partial charge is 0.516 e. The molecule has 4 aliphatic rings. The third kappa shape index (κ3) is 2.66. The maximum absolute atomic E-state index is 12.4. The molecular formula is C13H20F3NO3S. The zero-order valence-electron chi connectivity index (χ0n) is 10.7. The molecule has 4 fully saturated rings. The lowest BCUT2D eigenvalue weighted by Crippen LogP contribution is -2.55. The summed E-state index contributed by atoms with van der Waals surface area (Å²) in [6, 6.07) is 0. The molecule has 8 heteroatoms. The second-order valence-electron chi connectivity index (χ2n) is 6.58. The Bertz CT molecular complexity index is 506. The monoisotopic (exact) mass is 327 g/mol. The van der Waals surface area contributed by atoms with E-state index in [2.05, 4.69) is 0 Å². The van der Waals surface area contributed by atoms with Crippen molar-refractivity contribution in [2.75, 3.05) is 0 Å². The quantitative estimate of drug-likeness (QED) is 0.848. The number of hydrogen-bond acceptors (Lipinski definition) is 3. The van der Waals surface area contributed by atoms with E-state index in [0.29, 0.717) is 37.0 Å². The molecule has 122 valence electrons. The number of amides is 1. The highest BCUT2D eigenvalue weighted by Crippen LogP contribution is 2.60. The van der Waals surface area contributed by atoms with Gasteiger partial charge in [-0.15, -0.1) is 0 Å². The summed E-state index contributed by atoms with van der Waals surface area (Å²) in [5.41, 5.74) is -6.34. The molecule has 0 spiro atoms. The Labute approximate surface area is 122 Å². The molecule has 21 heavy (non-hydrogen) atoms. The lowest BCUT2D eigenvalue weighted by Gasteiger charge is -2.55. The molecule has 0 aliphatic heterocycles. The Morgan fingerprint density at radius 1 is 1.00 bits per heavy atom. The van der Waals surface area contributed by atoms with Crippen molar-refractivity contribution in [2.24, 2.45) is 23.2 Å². The first-order valence-electron chi connectivity index (χ1n) is 6.75. The van der Waals surface area contributed by atoms with Crippen LogP contribution in [0.2, 0.25) is 0 Å². The highest BCUT2D eigenvalue weighted by molar-refractivity contribution is 7.90. The van der Waals surface area contributed by atoms with Crippen molar-refractivity contribution in [1.82, 2.24) is 4.72 Å². The maximum atomic E-state index is 12.4. The lowest BCUT2D eigenvalue weighted by molar-refractivity contribution is -0.144. The zero-order chi connectivity index (χ0) is 14.8. The Morgan fingerprint density at radius 3 is 1.71 bits per heavy atom. The summed E-state index contributed by atoms with van der Waals surface area (Å²) in [6.07, 6.45) is 4.66. The van der Waals surface area contributed by atoms with Gasteiger partial charge in [0.05, 0.1) is 5.41 Å². The van der Waals surface area contributed by atoms with Gasteiger partial charge in [0.1, 0.15) is 0 Å². The van der Waals surface area contributed by atoms with Gasteiger partial charge in [0.25, 0.3) is 0 Å². The fourth-order valence-electron chi connectivity index (χ4n) is 4.68. The van der Waals surface area contributed by atoms with Crippen molar-refractivity contribution in [3.8, 4) is 0 Å². The van der Waals surface area contributed by atoms with Crippen molar-refractivity contribution in [3.63, 3.8) is 0 Å². The number of carbonyl (C=O) groups is 1. The Hall–Kier alpha value is -0.790. The van der Waals surface area contributed by atoms with Crippen LogP contribution in [0.25, 0.3) is 0 Å². The van der Waals surface area contributed by atoms with Gasteiger partial charge in [-0.2, -0.15) is 21.6 Å². The van der Waals surface area contributed by atoms with E-state index in [9.17, 15) is 26.4 Å². The SMILES string of the molecule is C.O=C(NS(=O)(=O)C(F)(F)F)C12CC3CC(CC(C3)C1)C2. The number of hydrogen-bond donors (Lipinski definition) is 1. The van der Waals surface area contributed by atoms with Crippen LogP contribution in [0.5, 0.6) is 0 Å². The highest BCUT2D eigenvalue weighted by Gasteiger charge is 2.57. The molecule has 0 unspecified atom stereocenters. The molecule has 4 bridgehead atoms. The third-order valence-electron chi connectivity index (χ3n) is 5.05. The van der Waals surface area contributed by atoms with Gasteiger partial charge in [0, 0.05) is 0 Å². The van der Waals surface area contributed by atoms with Gasteiger partial charge in [-0.3, -0.25) is 4.79 Å². The molecule has 0 heterocycles. The van der Waals surface area contributed by atoms with Crippen LogP contribution < -0.4 is 4.72 Å². The molecule has 4 nitrogen and oxygen atoms in total. The van der Waals surface area contributed by atoms with E-state index in [4.69, 9.17) is 0 Å². The van der Waals surface area contributed by atoms with E-state index in [0.717, 1.165) is 19.3 Å². The van der Waals surface area contributed by atoms with E-state index < -0.39 is 26.9 Å². The number of halogens is 3. The van der Waals surface area contributed by atoms with Crippen LogP contribution in [0.1, 0.15) is 46.0 Å². The summed E-state index contributed by atoms with van der Waals surface area (Å²) in [7, 11) is -5.59. The van der Waals surface area contributed by atoms with Crippen molar-refractivity contribution < 1.29 is 26.4 Å². The number of nitrogens with one attached hydrogen (secondary N) is 1. The van der Waals surface area contributed by atoms with Crippen LogP contribution in [-0.2, 0) is 14.8 Å². The van der Waals surface area contributed by atoms with Crippen molar-refractivity contribution >= 4 is 15.9 Å². The van der Waals surface area contributed by atoms with Crippen LogP contribution in [0.4, 0.5) is 13.2 Å². The zero-order valence-corrected chi connectivity index (χ0v) is 11.6. The van der Waals surface area contributed by atoms with Gasteiger partial charge in [0.2, 0.25) is 5.91 Å². The predicted molar refractivity (Wildman–Crippen MR) is 70.5 cm³/mol. The van der Waals surface area contributed by atoms with Gasteiger partial charge in [-0.25, -0.2) is 4.72 Å². The molecule has 1 amide bonds. The normalized spacial score (nSPS) is 38.0. The third-order valence-corrected chi connectivity index (χ3v) is 6.12. The van der Waals surface area contributed by atoms with Crippen molar-refractivity contribution in [1.29, 1.82) is 0 Å². The fraction of sp³-hybridized carbons (Fsp3) is 0.923. The summed E-state index contributed by atoms with van der Waals surface area (Å²) in [6.45, 7) is 0. The molecule has 4 rings (SSSR count). The molecule has 0 aromatic carbocycles. The smallest absolute Gasteiger partial charge is 0.273 e. The van der Waals surface area contributed by atoms with Crippen LogP contribution in [0, 0.1) is 23.2 Å². The maximum Gasteiger partial charge on any atom is 0.516 e. The van der Waals surface area contributed by atoms with Crippen LogP contribution >= 0.6 is 0 Å². The van der Waals surface area contributed by atoms with E-state index >= 15 is 0 Å². The molecule has 1 N–H and O–H groups in total. The Morgan fingerprint density at radius 2 is 1.38 bits per heavy atom. The number of rotatable bonds is 2. The van der Waals surface area contributed by atoms with Crippen LogP contribution in [0.15, 0.2) is 0 Å². The molecule has 0 radical (unpaired) electrons. The minimum Gasteiger partial charge on any atom is -0.273 e. The highest BCUT2D eigenvalue weighted by atomic mass is 32.2. The summed E-state index contributed by atoms with van der Waals surface area (Å²) < 4.78 is 60.5.